The molecule has 3 nitrogen and oxygen atoms in total. The van der Waals surface area contributed by atoms with Crippen LogP contribution in [0.5, 0.6) is 0 Å². The molecular weight excluding hydrogens is 250 g/mol. The molecule has 0 bridgehead atoms. The molecule has 1 atom stereocenters. The van der Waals surface area contributed by atoms with Crippen LogP contribution in [0.25, 0.3) is 10.8 Å². The smallest absolute Gasteiger partial charge is 0.254 e. The van der Waals surface area contributed by atoms with Crippen LogP contribution in [-0.2, 0) is 0 Å². The van der Waals surface area contributed by atoms with Crippen LogP contribution in [-0.4, -0.2) is 29.0 Å². The minimum absolute atomic E-state index is 0.0219. The van der Waals surface area contributed by atoms with E-state index in [1.54, 1.807) is 11.8 Å². The monoisotopic (exact) mass is 271 g/mol. The van der Waals surface area contributed by atoms with Crippen LogP contribution in [0.1, 0.15) is 42.8 Å². The van der Waals surface area contributed by atoms with Crippen LogP contribution in [0, 0.1) is 0 Å². The number of nitrogens with zero attached hydrogens (tertiary/aromatic N) is 1. The Balaban J connectivity index is 2.67. The van der Waals surface area contributed by atoms with Crippen molar-refractivity contribution in [2.75, 3.05) is 13.1 Å². The fourth-order valence-electron chi connectivity index (χ4n) is 2.58. The van der Waals surface area contributed by atoms with E-state index in [1.165, 1.54) is 0 Å². The van der Waals surface area contributed by atoms with Gasteiger partial charge < -0.3 is 10.0 Å². The minimum atomic E-state index is -0.593. The number of hydrogen-bond donors (Lipinski definition) is 1. The normalized spacial score (nSPS) is 12.4. The minimum Gasteiger partial charge on any atom is -0.389 e. The maximum atomic E-state index is 12.6. The van der Waals surface area contributed by atoms with E-state index in [9.17, 15) is 9.90 Å². The highest BCUT2D eigenvalue weighted by molar-refractivity contribution is 6.08. The summed E-state index contributed by atoms with van der Waals surface area (Å²) in [5.41, 5.74) is 1.47. The lowest BCUT2D eigenvalue weighted by Crippen LogP contribution is -2.30. The molecule has 0 heterocycles. The summed E-state index contributed by atoms with van der Waals surface area (Å²) in [6.07, 6.45) is -0.593. The Morgan fingerprint density at radius 1 is 1.15 bits per heavy atom. The third-order valence-electron chi connectivity index (χ3n) is 3.67. The number of hydrogen-bond acceptors (Lipinski definition) is 2. The van der Waals surface area contributed by atoms with Gasteiger partial charge in [0.1, 0.15) is 0 Å². The second-order valence-corrected chi connectivity index (χ2v) is 4.90. The molecule has 2 rings (SSSR count). The number of aliphatic hydroxyl groups excluding tert-OH is 1. The summed E-state index contributed by atoms with van der Waals surface area (Å²) in [5, 5.41) is 11.8. The number of carbonyl (C=O) groups is 1. The summed E-state index contributed by atoms with van der Waals surface area (Å²) in [6, 6.07) is 11.5. The lowest BCUT2D eigenvalue weighted by Gasteiger charge is -2.21. The predicted octanol–water partition coefficient (Wildman–Crippen LogP) is 3.38. The number of fused-ring (bicyclic) bond motifs is 1. The quantitative estimate of drug-likeness (QED) is 0.926. The number of rotatable bonds is 4. The molecule has 20 heavy (non-hydrogen) atoms. The van der Waals surface area contributed by atoms with Crippen molar-refractivity contribution in [3.8, 4) is 0 Å². The van der Waals surface area contributed by atoms with E-state index in [2.05, 4.69) is 0 Å². The average molecular weight is 271 g/mol. The topological polar surface area (TPSA) is 40.5 Å². The van der Waals surface area contributed by atoms with Gasteiger partial charge in [0.25, 0.3) is 5.91 Å². The zero-order chi connectivity index (χ0) is 14.7. The van der Waals surface area contributed by atoms with Crippen molar-refractivity contribution in [1.29, 1.82) is 0 Å². The third-order valence-corrected chi connectivity index (χ3v) is 3.67. The Bertz CT molecular complexity index is 610. The number of amides is 1. The first-order chi connectivity index (χ1) is 9.60. The molecule has 0 fully saturated rings. The summed E-state index contributed by atoms with van der Waals surface area (Å²) >= 11 is 0. The van der Waals surface area contributed by atoms with Crippen LogP contribution < -0.4 is 0 Å². The highest BCUT2D eigenvalue weighted by atomic mass is 16.3. The van der Waals surface area contributed by atoms with E-state index in [0.29, 0.717) is 18.7 Å². The number of benzene rings is 2. The largest absolute Gasteiger partial charge is 0.389 e. The van der Waals surface area contributed by atoms with Crippen LogP contribution in [0.15, 0.2) is 36.4 Å². The van der Waals surface area contributed by atoms with E-state index in [4.69, 9.17) is 0 Å². The molecule has 0 aliphatic heterocycles. The zero-order valence-corrected chi connectivity index (χ0v) is 12.3. The molecule has 2 aromatic carbocycles. The van der Waals surface area contributed by atoms with Crippen LogP contribution in [0.2, 0.25) is 0 Å². The van der Waals surface area contributed by atoms with Crippen molar-refractivity contribution in [2.45, 2.75) is 26.9 Å². The van der Waals surface area contributed by atoms with Gasteiger partial charge in [-0.25, -0.2) is 0 Å². The number of aliphatic hydroxyl groups is 1. The summed E-state index contributed by atoms with van der Waals surface area (Å²) in [4.78, 5) is 14.4. The first-order valence-electron chi connectivity index (χ1n) is 7.09. The van der Waals surface area contributed by atoms with E-state index in [0.717, 1.165) is 16.3 Å². The Labute approximate surface area is 119 Å². The SMILES string of the molecule is CCN(CC)C(=O)c1cccc2cccc(C(C)O)c12. The molecule has 0 spiro atoms. The van der Waals surface area contributed by atoms with Crippen molar-refractivity contribution in [2.24, 2.45) is 0 Å². The fraction of sp³-hybridized carbons (Fsp3) is 0.353. The molecule has 1 amide bonds. The van der Waals surface area contributed by atoms with Gasteiger partial charge in [0, 0.05) is 24.0 Å². The molecule has 2 aromatic rings. The molecule has 1 N–H and O–H groups in total. The van der Waals surface area contributed by atoms with Crippen LogP contribution in [0.4, 0.5) is 0 Å². The van der Waals surface area contributed by atoms with E-state index >= 15 is 0 Å². The van der Waals surface area contributed by atoms with Gasteiger partial charge in [-0.05, 0) is 37.8 Å². The van der Waals surface area contributed by atoms with Gasteiger partial charge in [-0.3, -0.25) is 4.79 Å². The third kappa shape index (κ3) is 2.54. The molecule has 0 aliphatic rings. The fourth-order valence-corrected chi connectivity index (χ4v) is 2.58. The highest BCUT2D eigenvalue weighted by Gasteiger charge is 2.18. The first kappa shape index (κ1) is 14.5. The Morgan fingerprint density at radius 3 is 2.30 bits per heavy atom. The summed E-state index contributed by atoms with van der Waals surface area (Å²) < 4.78 is 0. The van der Waals surface area contributed by atoms with Crippen molar-refractivity contribution in [3.63, 3.8) is 0 Å². The maximum absolute atomic E-state index is 12.6. The van der Waals surface area contributed by atoms with Gasteiger partial charge in [-0.2, -0.15) is 0 Å². The van der Waals surface area contributed by atoms with Crippen LogP contribution >= 0.6 is 0 Å². The second-order valence-electron chi connectivity index (χ2n) is 4.90. The highest BCUT2D eigenvalue weighted by Crippen LogP contribution is 2.28. The van der Waals surface area contributed by atoms with Crippen LogP contribution in [0.3, 0.4) is 0 Å². The Kier molecular flexibility index (Phi) is 4.40. The Morgan fingerprint density at radius 2 is 1.75 bits per heavy atom. The molecule has 0 saturated carbocycles. The van der Waals surface area contributed by atoms with Crippen molar-refractivity contribution in [3.05, 3.63) is 47.5 Å². The first-order valence-corrected chi connectivity index (χ1v) is 7.09. The summed E-state index contributed by atoms with van der Waals surface area (Å²) in [7, 11) is 0. The van der Waals surface area contributed by atoms with Gasteiger partial charge in [0.2, 0.25) is 0 Å². The zero-order valence-electron chi connectivity index (χ0n) is 12.3. The summed E-state index contributed by atoms with van der Waals surface area (Å²) in [5.74, 6) is 0.0219. The molecular formula is C17H21NO2. The number of carbonyl (C=O) groups excluding carboxylic acids is 1. The molecule has 0 radical (unpaired) electrons. The lowest BCUT2D eigenvalue weighted by molar-refractivity contribution is 0.0775. The van der Waals surface area contributed by atoms with Crippen molar-refractivity contribution >= 4 is 16.7 Å². The van der Waals surface area contributed by atoms with E-state index in [-0.39, 0.29) is 5.91 Å². The van der Waals surface area contributed by atoms with Gasteiger partial charge >= 0.3 is 0 Å². The molecule has 3 heteroatoms. The molecule has 1 unspecified atom stereocenters. The van der Waals surface area contributed by atoms with E-state index < -0.39 is 6.10 Å². The molecule has 0 saturated heterocycles. The van der Waals surface area contributed by atoms with Crippen molar-refractivity contribution < 1.29 is 9.90 Å². The second kappa shape index (κ2) is 6.06. The molecule has 0 aromatic heterocycles. The summed E-state index contributed by atoms with van der Waals surface area (Å²) in [6.45, 7) is 7.04. The van der Waals surface area contributed by atoms with Gasteiger partial charge in [0.15, 0.2) is 0 Å². The predicted molar refractivity (Wildman–Crippen MR) is 81.8 cm³/mol. The maximum Gasteiger partial charge on any atom is 0.254 e. The van der Waals surface area contributed by atoms with Gasteiger partial charge in [-0.15, -0.1) is 0 Å². The van der Waals surface area contributed by atoms with Gasteiger partial charge in [-0.1, -0.05) is 30.3 Å². The Hall–Kier alpha value is -1.87. The van der Waals surface area contributed by atoms with E-state index in [1.807, 2.05) is 50.2 Å². The molecule has 0 aliphatic carbocycles. The standard InChI is InChI=1S/C17H21NO2/c1-4-18(5-2)17(20)15-11-7-9-13-8-6-10-14(12(3)19)16(13)15/h6-12,19H,4-5H2,1-3H3. The average Bonchev–Trinajstić information content (AvgIpc) is 2.46. The molecule has 106 valence electrons. The van der Waals surface area contributed by atoms with Gasteiger partial charge in [0.05, 0.1) is 6.10 Å². The van der Waals surface area contributed by atoms with Crippen molar-refractivity contribution in [1.82, 2.24) is 4.90 Å². The lowest BCUT2D eigenvalue weighted by atomic mass is 9.96.